The van der Waals surface area contributed by atoms with E-state index in [0.29, 0.717) is 13.2 Å². The van der Waals surface area contributed by atoms with Gasteiger partial charge in [0.15, 0.2) is 8.32 Å². The quantitative estimate of drug-likeness (QED) is 0.517. The summed E-state index contributed by atoms with van der Waals surface area (Å²) >= 11 is 0. The highest BCUT2D eigenvalue weighted by Crippen LogP contribution is 2.41. The van der Waals surface area contributed by atoms with Gasteiger partial charge in [0.1, 0.15) is 0 Å². The number of hydrogen-bond donors (Lipinski definition) is 1. The van der Waals surface area contributed by atoms with Crippen LogP contribution in [0.25, 0.3) is 0 Å². The van der Waals surface area contributed by atoms with Crippen molar-refractivity contribution in [2.45, 2.75) is 71.4 Å². The van der Waals surface area contributed by atoms with Gasteiger partial charge < -0.3 is 14.3 Å². The second kappa shape index (κ2) is 8.38. The van der Waals surface area contributed by atoms with Crippen molar-refractivity contribution in [1.82, 2.24) is 0 Å². The lowest BCUT2D eigenvalue weighted by atomic mass is 9.76. The van der Waals surface area contributed by atoms with E-state index in [0.717, 1.165) is 18.4 Å². The SMILES string of the molecule is CC(C)(C)[Si](C)(C)OC[C@@]1(C)C=C(CO)CC[C@@H]1OCc1ccccc1. The van der Waals surface area contributed by atoms with Crippen LogP contribution in [-0.4, -0.2) is 32.7 Å². The normalized spacial score (nSPS) is 24.4. The fourth-order valence-corrected chi connectivity index (χ4v) is 4.24. The molecule has 26 heavy (non-hydrogen) atoms. The molecular weight excluding hydrogens is 340 g/mol. The monoisotopic (exact) mass is 376 g/mol. The van der Waals surface area contributed by atoms with Crippen molar-refractivity contribution in [3.05, 3.63) is 47.5 Å². The van der Waals surface area contributed by atoms with Crippen molar-refractivity contribution in [3.8, 4) is 0 Å². The summed E-state index contributed by atoms with van der Waals surface area (Å²) in [6.07, 6.45) is 4.13. The minimum atomic E-state index is -1.83. The van der Waals surface area contributed by atoms with Gasteiger partial charge >= 0.3 is 0 Å². The van der Waals surface area contributed by atoms with Gasteiger partial charge in [0.2, 0.25) is 0 Å². The summed E-state index contributed by atoms with van der Waals surface area (Å²) in [6.45, 7) is 15.0. The second-order valence-corrected chi connectivity index (χ2v) is 14.1. The zero-order valence-electron chi connectivity index (χ0n) is 17.3. The highest BCUT2D eigenvalue weighted by atomic mass is 28.4. The highest BCUT2D eigenvalue weighted by Gasteiger charge is 2.42. The maximum atomic E-state index is 9.63. The number of rotatable bonds is 7. The molecule has 0 aromatic heterocycles. The summed E-state index contributed by atoms with van der Waals surface area (Å²) in [6, 6.07) is 10.3. The number of aliphatic hydroxyl groups is 1. The van der Waals surface area contributed by atoms with Crippen LogP contribution in [0.3, 0.4) is 0 Å². The minimum absolute atomic E-state index is 0.0998. The van der Waals surface area contributed by atoms with Crippen LogP contribution in [-0.2, 0) is 15.8 Å². The fraction of sp³-hybridized carbons (Fsp3) is 0.636. The van der Waals surface area contributed by atoms with E-state index < -0.39 is 8.32 Å². The van der Waals surface area contributed by atoms with Gasteiger partial charge in [0.05, 0.1) is 19.3 Å². The van der Waals surface area contributed by atoms with Gasteiger partial charge in [-0.25, -0.2) is 0 Å². The smallest absolute Gasteiger partial charge is 0.192 e. The first-order valence-electron chi connectivity index (χ1n) is 9.68. The van der Waals surface area contributed by atoms with E-state index >= 15 is 0 Å². The van der Waals surface area contributed by atoms with Crippen LogP contribution in [0.2, 0.25) is 18.1 Å². The molecule has 1 N–H and O–H groups in total. The van der Waals surface area contributed by atoms with Gasteiger partial charge in [0.25, 0.3) is 0 Å². The molecule has 2 rings (SSSR count). The number of hydrogen-bond acceptors (Lipinski definition) is 3. The molecule has 0 unspecified atom stereocenters. The second-order valence-electron chi connectivity index (χ2n) is 9.34. The molecule has 0 aliphatic heterocycles. The maximum Gasteiger partial charge on any atom is 0.192 e. The molecule has 0 saturated heterocycles. The Hall–Kier alpha value is -0.943. The van der Waals surface area contributed by atoms with Gasteiger partial charge in [-0.2, -0.15) is 0 Å². The zero-order chi connectivity index (χ0) is 19.4. The standard InChI is InChI=1S/C22H36O3Si/c1-21(2,3)26(5,6)25-17-22(4)14-19(15-23)12-13-20(22)24-16-18-10-8-7-9-11-18/h7-11,14,20,23H,12-13,15-17H2,1-6H3/t20-,22+/m0/s1. The van der Waals surface area contributed by atoms with E-state index in [1.807, 2.05) is 18.2 Å². The Morgan fingerprint density at radius 2 is 1.85 bits per heavy atom. The summed E-state index contributed by atoms with van der Waals surface area (Å²) in [4.78, 5) is 0. The Balaban J connectivity index is 2.12. The summed E-state index contributed by atoms with van der Waals surface area (Å²) in [5.41, 5.74) is 2.09. The van der Waals surface area contributed by atoms with Gasteiger partial charge in [-0.15, -0.1) is 0 Å². The van der Waals surface area contributed by atoms with Crippen LogP contribution in [0.5, 0.6) is 0 Å². The molecule has 1 aromatic rings. The van der Waals surface area contributed by atoms with Crippen molar-refractivity contribution in [3.63, 3.8) is 0 Å². The number of ether oxygens (including phenoxy) is 1. The lowest BCUT2D eigenvalue weighted by Crippen LogP contribution is -2.47. The molecular formula is C22H36O3Si. The van der Waals surface area contributed by atoms with E-state index in [-0.39, 0.29) is 23.2 Å². The molecule has 4 heteroatoms. The molecule has 2 atom stereocenters. The molecule has 0 spiro atoms. The first kappa shape index (κ1) is 21.4. The molecule has 0 saturated carbocycles. The molecule has 0 radical (unpaired) electrons. The van der Waals surface area contributed by atoms with E-state index in [2.05, 4.69) is 59.0 Å². The first-order valence-corrected chi connectivity index (χ1v) is 12.6. The summed E-state index contributed by atoms with van der Waals surface area (Å²) in [5.74, 6) is 0. The molecule has 146 valence electrons. The van der Waals surface area contributed by atoms with Crippen LogP contribution in [0, 0.1) is 5.41 Å². The Labute approximate surface area is 160 Å². The van der Waals surface area contributed by atoms with Crippen molar-refractivity contribution in [2.24, 2.45) is 5.41 Å². The predicted molar refractivity (Wildman–Crippen MR) is 111 cm³/mol. The van der Waals surface area contributed by atoms with Crippen LogP contribution in [0.4, 0.5) is 0 Å². The minimum Gasteiger partial charge on any atom is -0.416 e. The Kier molecular flexibility index (Phi) is 6.89. The molecule has 0 heterocycles. The highest BCUT2D eigenvalue weighted by molar-refractivity contribution is 6.74. The summed E-state index contributed by atoms with van der Waals surface area (Å²) in [7, 11) is -1.83. The third-order valence-electron chi connectivity index (χ3n) is 6.04. The van der Waals surface area contributed by atoms with Crippen LogP contribution < -0.4 is 0 Å². The third-order valence-corrected chi connectivity index (χ3v) is 10.5. The van der Waals surface area contributed by atoms with Gasteiger partial charge in [0, 0.05) is 12.0 Å². The van der Waals surface area contributed by atoms with Crippen LogP contribution in [0.15, 0.2) is 42.0 Å². The Morgan fingerprint density at radius 1 is 1.19 bits per heavy atom. The summed E-state index contributed by atoms with van der Waals surface area (Å²) < 4.78 is 12.9. The van der Waals surface area contributed by atoms with Gasteiger partial charge in [-0.3, -0.25) is 0 Å². The largest absolute Gasteiger partial charge is 0.416 e. The molecule has 0 fully saturated rings. The van der Waals surface area contributed by atoms with Gasteiger partial charge in [-0.05, 0) is 42.1 Å². The van der Waals surface area contributed by atoms with Crippen LogP contribution in [0.1, 0.15) is 46.1 Å². The van der Waals surface area contributed by atoms with E-state index in [9.17, 15) is 5.11 Å². The topological polar surface area (TPSA) is 38.7 Å². The average Bonchev–Trinajstić information content (AvgIpc) is 2.59. The predicted octanol–water partition coefficient (Wildman–Crippen LogP) is 5.31. The lowest BCUT2D eigenvalue weighted by Gasteiger charge is -2.43. The Morgan fingerprint density at radius 3 is 2.42 bits per heavy atom. The molecule has 3 nitrogen and oxygen atoms in total. The van der Waals surface area contributed by atoms with Crippen LogP contribution >= 0.6 is 0 Å². The zero-order valence-corrected chi connectivity index (χ0v) is 18.3. The molecule has 1 aliphatic carbocycles. The maximum absolute atomic E-state index is 9.63. The van der Waals surface area contributed by atoms with E-state index in [4.69, 9.17) is 9.16 Å². The first-order chi connectivity index (χ1) is 12.1. The third kappa shape index (κ3) is 5.29. The molecule has 1 aliphatic rings. The van der Waals surface area contributed by atoms with Crippen molar-refractivity contribution < 1.29 is 14.3 Å². The number of aliphatic hydroxyl groups excluding tert-OH is 1. The van der Waals surface area contributed by atoms with Crippen molar-refractivity contribution in [1.29, 1.82) is 0 Å². The fourth-order valence-electron chi connectivity index (χ4n) is 3.13. The van der Waals surface area contributed by atoms with Crippen molar-refractivity contribution >= 4 is 8.32 Å². The summed E-state index contributed by atoms with van der Waals surface area (Å²) in [5, 5.41) is 9.82. The number of benzene rings is 1. The van der Waals surface area contributed by atoms with Gasteiger partial charge in [-0.1, -0.05) is 64.1 Å². The molecule has 0 amide bonds. The average molecular weight is 377 g/mol. The Bertz CT molecular complexity index is 604. The molecule has 0 bridgehead atoms. The van der Waals surface area contributed by atoms with E-state index in [1.165, 1.54) is 5.56 Å². The molecule has 1 aromatic carbocycles. The lowest BCUT2D eigenvalue weighted by molar-refractivity contribution is -0.0509. The van der Waals surface area contributed by atoms with E-state index in [1.54, 1.807) is 0 Å². The van der Waals surface area contributed by atoms with Crippen molar-refractivity contribution in [2.75, 3.05) is 13.2 Å².